The molecule has 2 amide bonds. The molecule has 0 aromatic carbocycles. The summed E-state index contributed by atoms with van der Waals surface area (Å²) in [5, 5.41) is 20.3. The van der Waals surface area contributed by atoms with Gasteiger partial charge < -0.3 is 15.3 Å². The SMILES string of the molecule is CN1C(=O)CCC(C(=O)Nc2cnn(C(C)(C)C(=O)O)c2)C1c1cnn(C)c1. The minimum absolute atomic E-state index is 0.0195. The molecule has 1 aliphatic rings. The highest BCUT2D eigenvalue weighted by molar-refractivity contribution is 5.94. The molecule has 0 aliphatic carbocycles. The molecule has 28 heavy (non-hydrogen) atoms. The number of anilines is 1. The van der Waals surface area contributed by atoms with Crippen LogP contribution in [0, 0.1) is 5.92 Å². The van der Waals surface area contributed by atoms with Crippen LogP contribution in [0.3, 0.4) is 0 Å². The van der Waals surface area contributed by atoms with Crippen molar-refractivity contribution in [3.8, 4) is 0 Å². The molecule has 3 heterocycles. The quantitative estimate of drug-likeness (QED) is 0.787. The lowest BCUT2D eigenvalue weighted by Crippen LogP contribution is -2.44. The van der Waals surface area contributed by atoms with Crippen LogP contribution >= 0.6 is 0 Å². The molecule has 2 N–H and O–H groups in total. The van der Waals surface area contributed by atoms with E-state index in [0.29, 0.717) is 12.1 Å². The zero-order valence-electron chi connectivity index (χ0n) is 16.3. The highest BCUT2D eigenvalue weighted by Gasteiger charge is 2.39. The van der Waals surface area contributed by atoms with Crippen LogP contribution in [0.5, 0.6) is 0 Å². The van der Waals surface area contributed by atoms with Gasteiger partial charge in [-0.05, 0) is 20.3 Å². The number of amides is 2. The smallest absolute Gasteiger partial charge is 0.331 e. The maximum absolute atomic E-state index is 13.0. The number of hydrogen-bond donors (Lipinski definition) is 2. The van der Waals surface area contributed by atoms with E-state index < -0.39 is 23.5 Å². The number of carboxylic acids is 1. The number of hydrogen-bond acceptors (Lipinski definition) is 5. The molecular formula is C18H24N6O4. The molecule has 2 aromatic heterocycles. The first-order valence-corrected chi connectivity index (χ1v) is 8.95. The Bertz CT molecular complexity index is 915. The highest BCUT2D eigenvalue weighted by atomic mass is 16.4. The van der Waals surface area contributed by atoms with Crippen LogP contribution in [0.4, 0.5) is 5.69 Å². The van der Waals surface area contributed by atoms with E-state index in [4.69, 9.17) is 0 Å². The zero-order chi connectivity index (χ0) is 20.6. The maximum atomic E-state index is 13.0. The first kappa shape index (κ1) is 19.6. The summed E-state index contributed by atoms with van der Waals surface area (Å²) in [5.41, 5.74) is -0.0386. The minimum Gasteiger partial charge on any atom is -0.479 e. The highest BCUT2D eigenvalue weighted by Crippen LogP contribution is 2.36. The van der Waals surface area contributed by atoms with Gasteiger partial charge in [0, 0.05) is 38.5 Å². The van der Waals surface area contributed by atoms with Gasteiger partial charge in [-0.1, -0.05) is 0 Å². The summed E-state index contributed by atoms with van der Waals surface area (Å²) >= 11 is 0. The van der Waals surface area contributed by atoms with Crippen molar-refractivity contribution in [2.45, 2.75) is 38.3 Å². The second-order valence-electron chi connectivity index (χ2n) is 7.57. The predicted octanol–water partition coefficient (Wildman–Crippen LogP) is 0.984. The monoisotopic (exact) mass is 388 g/mol. The van der Waals surface area contributed by atoms with Gasteiger partial charge in [-0.3, -0.25) is 19.0 Å². The second kappa shape index (κ2) is 7.10. The average Bonchev–Trinajstić information content (AvgIpc) is 3.26. The van der Waals surface area contributed by atoms with E-state index in [2.05, 4.69) is 15.5 Å². The van der Waals surface area contributed by atoms with Gasteiger partial charge in [0.2, 0.25) is 11.8 Å². The fourth-order valence-electron chi connectivity index (χ4n) is 3.39. The zero-order valence-corrected chi connectivity index (χ0v) is 16.3. The molecule has 1 fully saturated rings. The molecule has 2 unspecified atom stereocenters. The van der Waals surface area contributed by atoms with Crippen LogP contribution in [-0.2, 0) is 27.0 Å². The molecule has 0 saturated carbocycles. The first-order chi connectivity index (χ1) is 13.1. The Morgan fingerprint density at radius 2 is 1.93 bits per heavy atom. The number of nitrogens with one attached hydrogen (secondary N) is 1. The van der Waals surface area contributed by atoms with Gasteiger partial charge >= 0.3 is 5.97 Å². The molecule has 0 bridgehead atoms. The van der Waals surface area contributed by atoms with E-state index in [0.717, 1.165) is 5.56 Å². The molecule has 3 rings (SSSR count). The molecule has 2 aromatic rings. The fraction of sp³-hybridized carbons (Fsp3) is 0.500. The van der Waals surface area contributed by atoms with Gasteiger partial charge in [-0.25, -0.2) is 4.79 Å². The van der Waals surface area contributed by atoms with Crippen molar-refractivity contribution in [3.63, 3.8) is 0 Å². The van der Waals surface area contributed by atoms with Crippen LogP contribution in [0.25, 0.3) is 0 Å². The van der Waals surface area contributed by atoms with Gasteiger partial charge in [0.1, 0.15) is 0 Å². The number of piperidine rings is 1. The predicted molar refractivity (Wildman–Crippen MR) is 99.3 cm³/mol. The van der Waals surface area contributed by atoms with Crippen LogP contribution < -0.4 is 5.32 Å². The summed E-state index contributed by atoms with van der Waals surface area (Å²) in [6, 6.07) is -0.416. The van der Waals surface area contributed by atoms with Crippen molar-refractivity contribution in [1.29, 1.82) is 0 Å². The number of rotatable bonds is 5. The van der Waals surface area contributed by atoms with E-state index in [-0.39, 0.29) is 18.2 Å². The topological polar surface area (TPSA) is 122 Å². The minimum atomic E-state index is -1.24. The Kier molecular flexibility index (Phi) is 4.97. The Hall–Kier alpha value is -3.17. The number of nitrogens with zero attached hydrogens (tertiary/aromatic N) is 5. The first-order valence-electron chi connectivity index (χ1n) is 8.95. The second-order valence-corrected chi connectivity index (χ2v) is 7.57. The van der Waals surface area contributed by atoms with E-state index in [9.17, 15) is 19.5 Å². The number of carbonyl (C=O) groups excluding carboxylic acids is 2. The van der Waals surface area contributed by atoms with Gasteiger partial charge in [-0.2, -0.15) is 10.2 Å². The van der Waals surface area contributed by atoms with E-state index in [1.54, 1.807) is 36.1 Å². The molecule has 0 radical (unpaired) electrons. The van der Waals surface area contributed by atoms with Gasteiger partial charge in [0.25, 0.3) is 0 Å². The maximum Gasteiger partial charge on any atom is 0.331 e. The summed E-state index contributed by atoms with van der Waals surface area (Å²) in [6.07, 6.45) is 7.07. The van der Waals surface area contributed by atoms with Crippen LogP contribution in [0.1, 0.15) is 38.3 Å². The summed E-state index contributed by atoms with van der Waals surface area (Å²) < 4.78 is 2.93. The molecular weight excluding hydrogens is 364 g/mol. The van der Waals surface area contributed by atoms with Crippen molar-refractivity contribution >= 4 is 23.5 Å². The Labute approximate surface area is 162 Å². The number of aromatic nitrogens is 4. The van der Waals surface area contributed by atoms with Crippen LogP contribution in [0.2, 0.25) is 0 Å². The van der Waals surface area contributed by atoms with Crippen molar-refractivity contribution < 1.29 is 19.5 Å². The molecule has 1 saturated heterocycles. The van der Waals surface area contributed by atoms with Crippen LogP contribution in [-0.4, -0.2) is 54.4 Å². The molecule has 10 nitrogen and oxygen atoms in total. The average molecular weight is 388 g/mol. The number of carboxylic acid groups (broad SMARTS) is 1. The summed E-state index contributed by atoms with van der Waals surface area (Å²) in [5.74, 6) is -1.75. The van der Waals surface area contributed by atoms with Crippen molar-refractivity contribution in [1.82, 2.24) is 24.5 Å². The van der Waals surface area contributed by atoms with Crippen molar-refractivity contribution in [2.24, 2.45) is 13.0 Å². The lowest BCUT2D eigenvalue weighted by Gasteiger charge is -2.37. The van der Waals surface area contributed by atoms with Gasteiger partial charge in [0.15, 0.2) is 5.54 Å². The number of aliphatic carboxylic acids is 1. The Morgan fingerprint density at radius 3 is 2.54 bits per heavy atom. The van der Waals surface area contributed by atoms with Gasteiger partial charge in [-0.15, -0.1) is 0 Å². The largest absolute Gasteiger partial charge is 0.479 e. The van der Waals surface area contributed by atoms with Crippen molar-refractivity contribution in [2.75, 3.05) is 12.4 Å². The standard InChI is InChI=1S/C18H24N6O4/c1-18(2,17(27)28)24-10-12(8-20-24)21-16(26)13-5-6-14(25)23(4)15(13)11-7-19-22(3)9-11/h7-10,13,15H,5-6H2,1-4H3,(H,21,26)(H,27,28). The third-order valence-electron chi connectivity index (χ3n) is 5.21. The molecule has 2 atom stereocenters. The third kappa shape index (κ3) is 3.49. The normalized spacial score (nSPS) is 20.3. The Balaban J connectivity index is 1.82. The van der Waals surface area contributed by atoms with E-state index in [1.165, 1.54) is 30.9 Å². The van der Waals surface area contributed by atoms with Crippen molar-refractivity contribution in [3.05, 3.63) is 30.4 Å². The number of carbonyl (C=O) groups is 3. The lowest BCUT2D eigenvalue weighted by atomic mass is 9.85. The summed E-state index contributed by atoms with van der Waals surface area (Å²) in [7, 11) is 3.47. The number of aryl methyl sites for hydroxylation is 1. The van der Waals surface area contributed by atoms with Gasteiger partial charge in [0.05, 0.1) is 30.0 Å². The third-order valence-corrected chi connectivity index (χ3v) is 5.21. The molecule has 10 heteroatoms. The lowest BCUT2D eigenvalue weighted by molar-refractivity contribution is -0.146. The fourth-order valence-corrected chi connectivity index (χ4v) is 3.39. The Morgan fingerprint density at radius 1 is 1.21 bits per heavy atom. The molecule has 0 spiro atoms. The van der Waals surface area contributed by atoms with Crippen LogP contribution in [0.15, 0.2) is 24.8 Å². The van der Waals surface area contributed by atoms with E-state index in [1.807, 2.05) is 0 Å². The summed E-state index contributed by atoms with van der Waals surface area (Å²) in [6.45, 7) is 3.04. The number of likely N-dealkylation sites (tertiary alicyclic amines) is 1. The van der Waals surface area contributed by atoms with E-state index >= 15 is 0 Å². The summed E-state index contributed by atoms with van der Waals surface area (Å²) in [4.78, 5) is 38.1. The molecule has 150 valence electrons. The molecule has 1 aliphatic heterocycles.